The Morgan fingerprint density at radius 3 is 2.56 bits per heavy atom. The van der Waals surface area contributed by atoms with Gasteiger partial charge in [-0.25, -0.2) is 4.98 Å². The Morgan fingerprint density at radius 2 is 2.00 bits per heavy atom. The minimum absolute atomic E-state index is 0.252. The summed E-state index contributed by atoms with van der Waals surface area (Å²) in [5.41, 5.74) is 2.18. The fraction of sp³-hybridized carbons (Fsp3) is 0.0769. The molecule has 0 fully saturated rings. The van der Waals surface area contributed by atoms with Crippen LogP contribution in [0.5, 0.6) is 0 Å². The van der Waals surface area contributed by atoms with Crippen LogP contribution in [-0.4, -0.2) is 11.2 Å². The molecule has 0 aliphatic carbocycles. The van der Waals surface area contributed by atoms with Gasteiger partial charge in [-0.1, -0.05) is 39.7 Å². The van der Waals surface area contributed by atoms with Crippen molar-refractivity contribution in [2.45, 2.75) is 4.90 Å². The molecule has 0 radical (unpaired) electrons. The number of pyridine rings is 1. The molecule has 2 rings (SSSR count). The number of halogens is 2. The zero-order chi connectivity index (χ0) is 13.1. The van der Waals surface area contributed by atoms with Gasteiger partial charge in [0.25, 0.3) is 0 Å². The average molecular weight is 340 g/mol. The van der Waals surface area contributed by atoms with Crippen LogP contribution in [0.2, 0.25) is 5.15 Å². The van der Waals surface area contributed by atoms with E-state index in [-0.39, 0.29) is 5.15 Å². The van der Waals surface area contributed by atoms with Crippen molar-refractivity contribution in [3.63, 3.8) is 0 Å². The minimum Gasteiger partial charge on any atom is -0.235 e. The van der Waals surface area contributed by atoms with Crippen LogP contribution in [0.4, 0.5) is 0 Å². The van der Waals surface area contributed by atoms with Gasteiger partial charge < -0.3 is 0 Å². The summed E-state index contributed by atoms with van der Waals surface area (Å²) in [5, 5.41) is 9.29. The first-order valence-electron chi connectivity index (χ1n) is 5.06. The highest BCUT2D eigenvalue weighted by molar-refractivity contribution is 9.10. The molecule has 1 heterocycles. The van der Waals surface area contributed by atoms with Crippen molar-refractivity contribution < 1.29 is 0 Å². The molecular weight excluding hydrogens is 332 g/mol. The zero-order valence-corrected chi connectivity index (χ0v) is 12.6. The number of thioether (sulfide) groups is 1. The lowest BCUT2D eigenvalue weighted by molar-refractivity contribution is 1.23. The maximum atomic E-state index is 9.03. The van der Waals surface area contributed by atoms with E-state index in [2.05, 4.69) is 27.0 Å². The molecule has 0 saturated heterocycles. The van der Waals surface area contributed by atoms with Crippen molar-refractivity contribution in [1.29, 1.82) is 5.26 Å². The van der Waals surface area contributed by atoms with Crippen LogP contribution in [0.1, 0.15) is 5.56 Å². The molecule has 0 N–H and O–H groups in total. The Labute approximate surface area is 123 Å². The second kappa shape index (κ2) is 5.75. The summed E-state index contributed by atoms with van der Waals surface area (Å²) in [7, 11) is 0. The summed E-state index contributed by atoms with van der Waals surface area (Å²) in [6.45, 7) is 0. The molecule has 5 heteroatoms. The van der Waals surface area contributed by atoms with Gasteiger partial charge in [0.1, 0.15) is 16.8 Å². The number of rotatable bonds is 2. The number of nitriles is 1. The third-order valence-electron chi connectivity index (χ3n) is 2.41. The predicted octanol–water partition coefficient (Wildman–Crippen LogP) is 4.76. The molecule has 1 aromatic heterocycles. The first-order chi connectivity index (χ1) is 8.65. The van der Waals surface area contributed by atoms with E-state index in [1.807, 2.05) is 36.6 Å². The molecule has 0 spiro atoms. The summed E-state index contributed by atoms with van der Waals surface area (Å²) in [6.07, 6.45) is 1.91. The molecule has 0 amide bonds. The number of aromatic nitrogens is 1. The molecule has 18 heavy (non-hydrogen) atoms. The minimum atomic E-state index is 0.252. The number of benzene rings is 1. The van der Waals surface area contributed by atoms with Gasteiger partial charge in [-0.2, -0.15) is 5.26 Å². The Bertz CT molecular complexity index is 620. The van der Waals surface area contributed by atoms with Gasteiger partial charge in [0, 0.05) is 14.9 Å². The van der Waals surface area contributed by atoms with Gasteiger partial charge in [0.15, 0.2) is 0 Å². The summed E-state index contributed by atoms with van der Waals surface area (Å²) >= 11 is 10.9. The summed E-state index contributed by atoms with van der Waals surface area (Å²) in [5.74, 6) is 0. The fourth-order valence-corrected chi connectivity index (χ4v) is 2.65. The largest absolute Gasteiger partial charge is 0.235 e. The molecule has 0 saturated carbocycles. The SMILES string of the molecule is CSc1cc(-c2ccc(Br)cc2)nc(Cl)c1C#N. The lowest BCUT2D eigenvalue weighted by Gasteiger charge is -2.07. The van der Waals surface area contributed by atoms with Crippen LogP contribution >= 0.6 is 39.3 Å². The summed E-state index contributed by atoms with van der Waals surface area (Å²) in [4.78, 5) is 5.11. The highest BCUT2D eigenvalue weighted by Crippen LogP contribution is 2.30. The van der Waals surface area contributed by atoms with E-state index < -0.39 is 0 Å². The van der Waals surface area contributed by atoms with Crippen LogP contribution in [0.15, 0.2) is 39.7 Å². The molecule has 1 aromatic carbocycles. The van der Waals surface area contributed by atoms with Crippen molar-refractivity contribution in [3.05, 3.63) is 45.5 Å². The first-order valence-corrected chi connectivity index (χ1v) is 7.46. The molecule has 2 nitrogen and oxygen atoms in total. The maximum Gasteiger partial charge on any atom is 0.148 e. The van der Waals surface area contributed by atoms with E-state index in [9.17, 15) is 0 Å². The monoisotopic (exact) mass is 338 g/mol. The van der Waals surface area contributed by atoms with E-state index in [1.54, 1.807) is 0 Å². The topological polar surface area (TPSA) is 36.7 Å². The molecular formula is C13H8BrClN2S. The highest BCUT2D eigenvalue weighted by Gasteiger charge is 2.11. The standard InChI is InChI=1S/C13H8BrClN2S/c1-18-12-6-11(17-13(15)10(12)7-16)8-2-4-9(14)5-3-8/h2-6H,1H3. The molecule has 0 unspecified atom stereocenters. The van der Waals surface area contributed by atoms with E-state index in [4.69, 9.17) is 16.9 Å². The molecule has 0 bridgehead atoms. The van der Waals surface area contributed by atoms with Gasteiger partial charge in [-0.15, -0.1) is 11.8 Å². The average Bonchev–Trinajstić information content (AvgIpc) is 2.38. The normalized spacial score (nSPS) is 10.1. The van der Waals surface area contributed by atoms with Crippen molar-refractivity contribution in [1.82, 2.24) is 4.98 Å². The van der Waals surface area contributed by atoms with Crippen LogP contribution in [-0.2, 0) is 0 Å². The van der Waals surface area contributed by atoms with Crippen molar-refractivity contribution in [2.24, 2.45) is 0 Å². The quantitative estimate of drug-likeness (QED) is 0.585. The van der Waals surface area contributed by atoms with E-state index in [1.165, 1.54) is 11.8 Å². The van der Waals surface area contributed by atoms with Gasteiger partial charge in [-0.3, -0.25) is 0 Å². The second-order valence-electron chi connectivity index (χ2n) is 3.49. The third-order valence-corrected chi connectivity index (χ3v) is 3.97. The highest BCUT2D eigenvalue weighted by atomic mass is 79.9. The summed E-state index contributed by atoms with van der Waals surface area (Å²) in [6, 6.07) is 11.8. The lowest BCUT2D eigenvalue weighted by Crippen LogP contribution is -1.91. The fourth-order valence-electron chi connectivity index (χ4n) is 1.52. The first kappa shape index (κ1) is 13.4. The van der Waals surface area contributed by atoms with Crippen molar-refractivity contribution >= 4 is 39.3 Å². The Morgan fingerprint density at radius 1 is 1.33 bits per heavy atom. The number of nitrogens with zero attached hydrogens (tertiary/aromatic N) is 2. The Balaban J connectivity index is 2.56. The zero-order valence-electron chi connectivity index (χ0n) is 9.45. The van der Waals surface area contributed by atoms with Crippen LogP contribution < -0.4 is 0 Å². The Hall–Kier alpha value is -1.02. The van der Waals surface area contributed by atoms with E-state index >= 15 is 0 Å². The van der Waals surface area contributed by atoms with Gasteiger partial charge >= 0.3 is 0 Å². The molecule has 90 valence electrons. The van der Waals surface area contributed by atoms with E-state index in [0.29, 0.717) is 5.56 Å². The molecule has 0 aliphatic rings. The van der Waals surface area contributed by atoms with Crippen LogP contribution in [0.3, 0.4) is 0 Å². The molecule has 0 aliphatic heterocycles. The van der Waals surface area contributed by atoms with Crippen molar-refractivity contribution in [2.75, 3.05) is 6.26 Å². The predicted molar refractivity (Wildman–Crippen MR) is 78.9 cm³/mol. The maximum absolute atomic E-state index is 9.03. The smallest absolute Gasteiger partial charge is 0.148 e. The lowest BCUT2D eigenvalue weighted by atomic mass is 10.1. The molecule has 0 atom stereocenters. The van der Waals surface area contributed by atoms with Gasteiger partial charge in [0.05, 0.1) is 5.69 Å². The third kappa shape index (κ3) is 2.69. The Kier molecular flexibility index (Phi) is 4.28. The molecule has 2 aromatic rings. The summed E-state index contributed by atoms with van der Waals surface area (Å²) < 4.78 is 1.01. The van der Waals surface area contributed by atoms with Gasteiger partial charge in [-0.05, 0) is 24.5 Å². The van der Waals surface area contributed by atoms with Crippen molar-refractivity contribution in [3.8, 4) is 17.3 Å². The van der Waals surface area contributed by atoms with Crippen LogP contribution in [0.25, 0.3) is 11.3 Å². The van der Waals surface area contributed by atoms with Gasteiger partial charge in [0.2, 0.25) is 0 Å². The number of hydrogen-bond donors (Lipinski definition) is 0. The van der Waals surface area contributed by atoms with E-state index in [0.717, 1.165) is 20.6 Å². The number of hydrogen-bond acceptors (Lipinski definition) is 3. The van der Waals surface area contributed by atoms with Crippen LogP contribution in [0, 0.1) is 11.3 Å². The second-order valence-corrected chi connectivity index (χ2v) is 5.62.